The first-order valence-electron chi connectivity index (χ1n) is 12.8. The SMILES string of the molecule is N=C(N)c1cccc(CN(NS(=O)(=O)c2cccc(-c3ccc(Cl)cc3Cl)c2)C(=O)N2CCC(CCN)CC2)c1. The lowest BCUT2D eigenvalue weighted by molar-refractivity contribution is 0.121. The Bertz CT molecular complexity index is 1490. The van der Waals surface area contributed by atoms with E-state index in [1.165, 1.54) is 12.1 Å². The topological polar surface area (TPSA) is 146 Å². The van der Waals surface area contributed by atoms with Crippen LogP contribution < -0.4 is 16.3 Å². The summed E-state index contributed by atoms with van der Waals surface area (Å²) in [6.45, 7) is 1.53. The molecule has 0 spiro atoms. The lowest BCUT2D eigenvalue weighted by atomic mass is 9.94. The van der Waals surface area contributed by atoms with E-state index in [9.17, 15) is 13.2 Å². The molecule has 4 rings (SSSR count). The number of nitrogen functional groups attached to an aromatic ring is 1. The number of carbonyl (C=O) groups excluding carboxylic acids is 1. The first kappa shape index (κ1) is 29.8. The molecule has 0 bridgehead atoms. The highest BCUT2D eigenvalue weighted by Crippen LogP contribution is 2.31. The van der Waals surface area contributed by atoms with Gasteiger partial charge in [-0.2, -0.15) is 0 Å². The van der Waals surface area contributed by atoms with Crippen molar-refractivity contribution in [3.8, 4) is 11.1 Å². The standard InChI is InChI=1S/C28H32Cl2N6O3S/c29-23-7-8-25(26(30)17-23)21-4-2-6-24(16-21)40(38,39)34-36(18-20-3-1-5-22(15-20)27(32)33)28(37)35-13-10-19(9-12-31)11-14-35/h1-8,15-17,19,34H,9-14,18,31H2,(H3,32,33). The Morgan fingerprint density at radius 1 is 1.05 bits per heavy atom. The zero-order chi connectivity index (χ0) is 28.9. The summed E-state index contributed by atoms with van der Waals surface area (Å²) >= 11 is 12.4. The van der Waals surface area contributed by atoms with Crippen LogP contribution in [0.15, 0.2) is 71.6 Å². The number of piperidine rings is 1. The molecule has 0 saturated carbocycles. The number of nitrogens with one attached hydrogen (secondary N) is 2. The zero-order valence-electron chi connectivity index (χ0n) is 21.8. The summed E-state index contributed by atoms with van der Waals surface area (Å²) in [5.41, 5.74) is 13.6. The van der Waals surface area contributed by atoms with Crippen LogP contribution in [0.5, 0.6) is 0 Å². The average molecular weight is 604 g/mol. The molecular formula is C28H32Cl2N6O3S. The summed E-state index contributed by atoms with van der Waals surface area (Å²) in [5, 5.41) is 9.69. The van der Waals surface area contributed by atoms with Crippen LogP contribution in [0, 0.1) is 11.3 Å². The maximum atomic E-state index is 13.7. The minimum Gasteiger partial charge on any atom is -0.384 e. The van der Waals surface area contributed by atoms with Gasteiger partial charge in [-0.1, -0.05) is 59.6 Å². The van der Waals surface area contributed by atoms with Crippen LogP contribution in [0.4, 0.5) is 4.79 Å². The van der Waals surface area contributed by atoms with Gasteiger partial charge in [-0.05, 0) is 73.2 Å². The summed E-state index contributed by atoms with van der Waals surface area (Å²) in [7, 11) is -4.18. The minimum absolute atomic E-state index is 0.0343. The quantitative estimate of drug-likeness (QED) is 0.157. The molecule has 1 heterocycles. The number of nitrogens with two attached hydrogens (primary N) is 2. The highest BCUT2D eigenvalue weighted by Gasteiger charge is 2.30. The van der Waals surface area contributed by atoms with Gasteiger partial charge in [-0.15, -0.1) is 4.83 Å². The number of halogens is 2. The largest absolute Gasteiger partial charge is 0.384 e. The fraction of sp³-hybridized carbons (Fsp3) is 0.286. The van der Waals surface area contributed by atoms with E-state index in [1.807, 2.05) is 0 Å². The lowest BCUT2D eigenvalue weighted by Gasteiger charge is -2.35. The highest BCUT2D eigenvalue weighted by molar-refractivity contribution is 7.89. The van der Waals surface area contributed by atoms with Crippen molar-refractivity contribution in [3.63, 3.8) is 0 Å². The maximum Gasteiger partial charge on any atom is 0.335 e. The normalized spacial score (nSPS) is 14.2. The van der Waals surface area contributed by atoms with Gasteiger partial charge in [0.15, 0.2) is 0 Å². The summed E-state index contributed by atoms with van der Waals surface area (Å²) in [6.07, 6.45) is 2.49. The van der Waals surface area contributed by atoms with Gasteiger partial charge in [0.05, 0.1) is 11.4 Å². The Kier molecular flexibility index (Phi) is 9.70. The van der Waals surface area contributed by atoms with Crippen molar-refractivity contribution in [2.45, 2.75) is 30.7 Å². The van der Waals surface area contributed by atoms with Crippen molar-refractivity contribution >= 4 is 45.1 Å². The molecule has 1 saturated heterocycles. The third kappa shape index (κ3) is 7.32. The highest BCUT2D eigenvalue weighted by atomic mass is 35.5. The summed E-state index contributed by atoms with van der Waals surface area (Å²) < 4.78 is 27.2. The molecule has 2 amide bonds. The molecule has 12 heteroatoms. The smallest absolute Gasteiger partial charge is 0.335 e. The second-order valence-corrected chi connectivity index (χ2v) is 12.2. The van der Waals surface area contributed by atoms with Crippen LogP contribution in [-0.2, 0) is 16.6 Å². The lowest BCUT2D eigenvalue weighted by Crippen LogP contribution is -2.53. The molecule has 0 aromatic heterocycles. The average Bonchev–Trinajstić information content (AvgIpc) is 2.93. The molecule has 212 valence electrons. The summed E-state index contributed by atoms with van der Waals surface area (Å²) in [4.78, 5) is 17.8. The fourth-order valence-corrected chi connectivity index (χ4v) is 6.33. The van der Waals surface area contributed by atoms with Crippen molar-refractivity contribution < 1.29 is 13.2 Å². The van der Waals surface area contributed by atoms with E-state index >= 15 is 0 Å². The number of benzene rings is 3. The van der Waals surface area contributed by atoms with Gasteiger partial charge in [0, 0.05) is 34.3 Å². The Morgan fingerprint density at radius 2 is 1.77 bits per heavy atom. The molecular weight excluding hydrogens is 571 g/mol. The van der Waals surface area contributed by atoms with Gasteiger partial charge >= 0.3 is 6.03 Å². The predicted octanol–water partition coefficient (Wildman–Crippen LogP) is 4.82. The molecule has 3 aromatic carbocycles. The van der Waals surface area contributed by atoms with Crippen LogP contribution in [-0.4, -0.2) is 49.8 Å². The Labute approximate surface area is 244 Å². The van der Waals surface area contributed by atoms with E-state index < -0.39 is 16.1 Å². The Hall–Kier alpha value is -3.15. The van der Waals surface area contributed by atoms with Gasteiger partial charge in [0.25, 0.3) is 10.0 Å². The van der Waals surface area contributed by atoms with Crippen molar-refractivity contribution in [3.05, 3.63) is 87.9 Å². The third-order valence-corrected chi connectivity index (χ3v) is 8.77. The van der Waals surface area contributed by atoms with E-state index in [2.05, 4.69) is 4.83 Å². The molecule has 1 aliphatic heterocycles. The van der Waals surface area contributed by atoms with E-state index in [-0.39, 0.29) is 17.3 Å². The zero-order valence-corrected chi connectivity index (χ0v) is 24.1. The van der Waals surface area contributed by atoms with Gasteiger partial charge in [-0.25, -0.2) is 18.2 Å². The van der Waals surface area contributed by atoms with Crippen molar-refractivity contribution in [1.29, 1.82) is 5.41 Å². The Morgan fingerprint density at radius 3 is 2.45 bits per heavy atom. The number of hydrogen-bond donors (Lipinski definition) is 4. The first-order valence-corrected chi connectivity index (χ1v) is 15.1. The number of amidine groups is 1. The number of amides is 2. The third-order valence-electron chi connectivity index (χ3n) is 6.89. The second kappa shape index (κ2) is 13.0. The number of nitrogens with zero attached hydrogens (tertiary/aromatic N) is 2. The monoisotopic (exact) mass is 602 g/mol. The van der Waals surface area contributed by atoms with Crippen molar-refractivity contribution in [1.82, 2.24) is 14.7 Å². The van der Waals surface area contributed by atoms with E-state index in [1.54, 1.807) is 59.5 Å². The van der Waals surface area contributed by atoms with E-state index in [0.717, 1.165) is 24.3 Å². The molecule has 3 aromatic rings. The molecule has 0 unspecified atom stereocenters. The number of hydrazine groups is 1. The van der Waals surface area contributed by atoms with Gasteiger partial charge < -0.3 is 16.4 Å². The van der Waals surface area contributed by atoms with E-state index in [4.69, 9.17) is 40.1 Å². The molecule has 1 aliphatic rings. The molecule has 6 N–H and O–H groups in total. The van der Waals surface area contributed by atoms with Crippen LogP contribution in [0.25, 0.3) is 11.1 Å². The van der Waals surface area contributed by atoms with Gasteiger partial charge in [0.1, 0.15) is 5.84 Å². The number of rotatable bonds is 9. The fourth-order valence-electron chi connectivity index (χ4n) is 4.73. The minimum atomic E-state index is -4.18. The first-order chi connectivity index (χ1) is 19.1. The molecule has 0 aliphatic carbocycles. The van der Waals surface area contributed by atoms with Crippen LogP contribution in [0.3, 0.4) is 0 Å². The van der Waals surface area contributed by atoms with Gasteiger partial charge in [0.2, 0.25) is 0 Å². The number of hydrogen-bond acceptors (Lipinski definition) is 5. The number of likely N-dealkylation sites (tertiary alicyclic amines) is 1. The van der Waals surface area contributed by atoms with Crippen LogP contribution >= 0.6 is 23.2 Å². The summed E-state index contributed by atoms with van der Waals surface area (Å²) in [6, 6.07) is 17.6. The second-order valence-electron chi connectivity index (χ2n) is 9.74. The van der Waals surface area contributed by atoms with Crippen molar-refractivity contribution in [2.24, 2.45) is 17.4 Å². The molecule has 40 heavy (non-hydrogen) atoms. The number of urea groups is 1. The molecule has 1 fully saturated rings. The predicted molar refractivity (Wildman–Crippen MR) is 159 cm³/mol. The van der Waals surface area contributed by atoms with Gasteiger partial charge in [-0.3, -0.25) is 5.41 Å². The Balaban J connectivity index is 1.62. The summed E-state index contributed by atoms with van der Waals surface area (Å²) in [5.74, 6) is 0.314. The van der Waals surface area contributed by atoms with Crippen molar-refractivity contribution in [2.75, 3.05) is 19.6 Å². The van der Waals surface area contributed by atoms with Crippen LogP contribution in [0.1, 0.15) is 30.4 Å². The maximum absolute atomic E-state index is 13.7. The molecule has 0 atom stereocenters. The number of sulfonamides is 1. The molecule has 0 radical (unpaired) electrons. The number of carbonyl (C=O) groups is 1. The molecule has 9 nitrogen and oxygen atoms in total. The van der Waals surface area contributed by atoms with Crippen LogP contribution in [0.2, 0.25) is 10.0 Å². The van der Waals surface area contributed by atoms with E-state index in [0.29, 0.717) is 57.9 Å².